The normalized spacial score (nSPS) is 14.5. The molecule has 0 saturated heterocycles. The maximum Gasteiger partial charge on any atom is 0.344 e. The molecule has 1 aliphatic heterocycles. The molecule has 0 saturated carbocycles. The lowest BCUT2D eigenvalue weighted by Gasteiger charge is -2.28. The Morgan fingerprint density at radius 3 is 2.35 bits per heavy atom. The topological polar surface area (TPSA) is 163 Å². The number of benzene rings is 2. The summed E-state index contributed by atoms with van der Waals surface area (Å²) in [5, 5.41) is 9.25. The van der Waals surface area contributed by atoms with E-state index in [2.05, 4.69) is 53.0 Å². The number of rotatable bonds is 13. The molecule has 1 heterocycles. The summed E-state index contributed by atoms with van der Waals surface area (Å²) in [5.41, 5.74) is 4.18. The third-order valence-corrected chi connectivity index (χ3v) is 6.89. The van der Waals surface area contributed by atoms with E-state index in [-0.39, 0.29) is 43.5 Å². The molecule has 3 amide bonds. The highest BCUT2D eigenvalue weighted by atomic mass is 79.9. The van der Waals surface area contributed by atoms with Crippen LogP contribution in [0.4, 0.5) is 4.79 Å². The van der Waals surface area contributed by atoms with Crippen LogP contribution in [0.15, 0.2) is 55.6 Å². The van der Waals surface area contributed by atoms with Gasteiger partial charge in [-0.15, -0.1) is 0 Å². The zero-order valence-corrected chi connectivity index (χ0v) is 26.9. The van der Waals surface area contributed by atoms with E-state index in [0.717, 1.165) is 0 Å². The third kappa shape index (κ3) is 9.19. The number of hydrogen-bond donors (Lipinski definition) is 3. The van der Waals surface area contributed by atoms with Gasteiger partial charge in [-0.05, 0) is 88.0 Å². The molecule has 1 atom stereocenters. The molecule has 0 bridgehead atoms. The van der Waals surface area contributed by atoms with Crippen molar-refractivity contribution in [2.24, 2.45) is 5.10 Å². The van der Waals surface area contributed by atoms with Crippen molar-refractivity contribution >= 4 is 62.0 Å². The van der Waals surface area contributed by atoms with Gasteiger partial charge < -0.3 is 34.3 Å². The second kappa shape index (κ2) is 15.9. The van der Waals surface area contributed by atoms with Crippen LogP contribution < -0.4 is 30.3 Å². The van der Waals surface area contributed by atoms with Gasteiger partial charge in [-0.1, -0.05) is 6.07 Å². The molecular formula is C28H30Br2N4O9. The van der Waals surface area contributed by atoms with Crippen molar-refractivity contribution in [3.05, 3.63) is 61.7 Å². The van der Waals surface area contributed by atoms with Crippen LogP contribution in [0.25, 0.3) is 0 Å². The molecule has 2 aromatic carbocycles. The first kappa shape index (κ1) is 33.4. The summed E-state index contributed by atoms with van der Waals surface area (Å²) < 4.78 is 27.7. The Bertz CT molecular complexity index is 1420. The quantitative estimate of drug-likeness (QED) is 0.158. The number of esters is 2. The van der Waals surface area contributed by atoms with Crippen LogP contribution in [-0.2, 0) is 23.9 Å². The number of nitrogens with one attached hydrogen (secondary N) is 3. The number of hydrogen-bond acceptors (Lipinski definition) is 10. The minimum atomic E-state index is -0.786. The number of carbonyl (C=O) groups is 4. The first-order valence-electron chi connectivity index (χ1n) is 12.9. The number of methoxy groups -OCH3 is 1. The monoisotopic (exact) mass is 724 g/mol. The van der Waals surface area contributed by atoms with Crippen LogP contribution in [-0.4, -0.2) is 63.6 Å². The number of allylic oxidation sites excluding steroid dienone is 1. The molecule has 1 aliphatic rings. The lowest BCUT2D eigenvalue weighted by atomic mass is 9.95. The number of amides is 3. The fraction of sp³-hybridized carbons (Fsp3) is 0.321. The Hall–Kier alpha value is -4.11. The van der Waals surface area contributed by atoms with Crippen LogP contribution in [0.2, 0.25) is 0 Å². The maximum atomic E-state index is 12.6. The van der Waals surface area contributed by atoms with Gasteiger partial charge in [-0.25, -0.2) is 19.8 Å². The van der Waals surface area contributed by atoms with E-state index in [0.29, 0.717) is 31.5 Å². The SMILES string of the molecule is CCOC(=O)COc1c(Br)cc(/C=N\NC(=O)COc2ccc([C@@H]3NC(=O)NC(C)=C3C(=O)OCC)cc2OC)cc1Br. The van der Waals surface area contributed by atoms with Crippen molar-refractivity contribution in [2.75, 3.05) is 33.5 Å². The van der Waals surface area contributed by atoms with Gasteiger partial charge >= 0.3 is 18.0 Å². The minimum absolute atomic E-state index is 0.174. The van der Waals surface area contributed by atoms with Crippen LogP contribution >= 0.6 is 31.9 Å². The predicted octanol–water partition coefficient (Wildman–Crippen LogP) is 3.88. The molecule has 13 nitrogen and oxygen atoms in total. The van der Waals surface area contributed by atoms with Gasteiger partial charge in [0.15, 0.2) is 24.7 Å². The highest BCUT2D eigenvalue weighted by Gasteiger charge is 2.32. The van der Waals surface area contributed by atoms with Crippen molar-refractivity contribution in [2.45, 2.75) is 26.8 Å². The number of ether oxygens (including phenoxy) is 5. The molecule has 0 aromatic heterocycles. The lowest BCUT2D eigenvalue weighted by molar-refractivity contribution is -0.145. The van der Waals surface area contributed by atoms with Gasteiger partial charge in [0, 0.05) is 5.70 Å². The molecule has 0 spiro atoms. The summed E-state index contributed by atoms with van der Waals surface area (Å²) >= 11 is 6.78. The first-order chi connectivity index (χ1) is 20.6. The van der Waals surface area contributed by atoms with E-state index >= 15 is 0 Å². The summed E-state index contributed by atoms with van der Waals surface area (Å²) in [6, 6.07) is 6.95. The molecule has 0 radical (unpaired) electrons. The largest absolute Gasteiger partial charge is 0.493 e. The van der Waals surface area contributed by atoms with Crippen LogP contribution in [0.3, 0.4) is 0 Å². The molecule has 3 rings (SSSR count). The van der Waals surface area contributed by atoms with E-state index < -0.39 is 29.9 Å². The van der Waals surface area contributed by atoms with E-state index in [1.54, 1.807) is 51.1 Å². The average molecular weight is 726 g/mol. The van der Waals surface area contributed by atoms with Crippen molar-refractivity contribution in [1.29, 1.82) is 0 Å². The number of halogens is 2. The van der Waals surface area contributed by atoms with Gasteiger partial charge in [-0.3, -0.25) is 4.79 Å². The molecule has 2 aromatic rings. The Balaban J connectivity index is 1.62. The van der Waals surface area contributed by atoms with E-state index in [1.165, 1.54) is 13.3 Å². The van der Waals surface area contributed by atoms with Crippen LogP contribution in [0, 0.1) is 0 Å². The van der Waals surface area contributed by atoms with Gasteiger partial charge in [0.05, 0.1) is 47.1 Å². The number of nitrogens with zero attached hydrogens (tertiary/aromatic N) is 1. The fourth-order valence-electron chi connectivity index (χ4n) is 3.89. The Morgan fingerprint density at radius 2 is 1.70 bits per heavy atom. The highest BCUT2D eigenvalue weighted by Crippen LogP contribution is 2.35. The Kier molecular flexibility index (Phi) is 12.4. The number of hydrazone groups is 1. The van der Waals surface area contributed by atoms with Gasteiger partial charge in [-0.2, -0.15) is 5.10 Å². The zero-order valence-electron chi connectivity index (χ0n) is 23.7. The second-order valence-electron chi connectivity index (χ2n) is 8.69. The average Bonchev–Trinajstić information content (AvgIpc) is 2.95. The molecule has 230 valence electrons. The number of carbonyl (C=O) groups excluding carboxylic acids is 4. The third-order valence-electron chi connectivity index (χ3n) is 5.71. The first-order valence-corrected chi connectivity index (χ1v) is 14.5. The van der Waals surface area contributed by atoms with Crippen LogP contribution in [0.1, 0.15) is 37.9 Å². The zero-order chi connectivity index (χ0) is 31.5. The molecule has 0 fully saturated rings. The lowest BCUT2D eigenvalue weighted by Crippen LogP contribution is -2.45. The smallest absolute Gasteiger partial charge is 0.344 e. The molecule has 15 heteroatoms. The second-order valence-corrected chi connectivity index (χ2v) is 10.4. The van der Waals surface area contributed by atoms with Crippen molar-refractivity contribution in [3.8, 4) is 17.2 Å². The Labute approximate surface area is 264 Å². The van der Waals surface area contributed by atoms with Crippen molar-refractivity contribution in [3.63, 3.8) is 0 Å². The summed E-state index contributed by atoms with van der Waals surface area (Å²) in [5.74, 6) is -0.641. The van der Waals surface area contributed by atoms with Gasteiger partial charge in [0.1, 0.15) is 5.75 Å². The summed E-state index contributed by atoms with van der Waals surface area (Å²) in [4.78, 5) is 48.6. The van der Waals surface area contributed by atoms with E-state index in [1.807, 2.05) is 0 Å². The molecule has 43 heavy (non-hydrogen) atoms. The van der Waals surface area contributed by atoms with Crippen molar-refractivity contribution < 1.29 is 42.9 Å². The summed E-state index contributed by atoms with van der Waals surface area (Å²) in [7, 11) is 1.42. The molecule has 3 N–H and O–H groups in total. The molecular weight excluding hydrogens is 696 g/mol. The van der Waals surface area contributed by atoms with Gasteiger partial charge in [0.25, 0.3) is 5.91 Å². The number of urea groups is 1. The maximum absolute atomic E-state index is 12.6. The standard InChI is InChI=1S/C28H30Br2N4O9/c1-5-40-23(36)14-43-26-18(29)9-16(10-19(26)30)12-31-34-22(35)13-42-20-8-7-17(11-21(20)39-4)25-24(27(37)41-6-2)15(3)32-28(38)33-25/h7-12,25H,5-6,13-14H2,1-4H3,(H,34,35)(H2,32,33,38)/b31-12-/t25-/m0/s1. The predicted molar refractivity (Wildman–Crippen MR) is 162 cm³/mol. The summed E-state index contributed by atoms with van der Waals surface area (Å²) in [6.45, 7) is 4.82. The fourth-order valence-corrected chi connectivity index (χ4v) is 5.34. The molecule has 0 unspecified atom stereocenters. The molecule has 0 aliphatic carbocycles. The van der Waals surface area contributed by atoms with Crippen LogP contribution in [0.5, 0.6) is 17.2 Å². The van der Waals surface area contributed by atoms with E-state index in [4.69, 9.17) is 23.7 Å². The minimum Gasteiger partial charge on any atom is -0.493 e. The highest BCUT2D eigenvalue weighted by molar-refractivity contribution is 9.11. The summed E-state index contributed by atoms with van der Waals surface area (Å²) in [6.07, 6.45) is 1.42. The Morgan fingerprint density at radius 1 is 1.00 bits per heavy atom. The van der Waals surface area contributed by atoms with Crippen molar-refractivity contribution in [1.82, 2.24) is 16.1 Å². The van der Waals surface area contributed by atoms with E-state index in [9.17, 15) is 19.2 Å². The van der Waals surface area contributed by atoms with Gasteiger partial charge in [0.2, 0.25) is 0 Å².